The van der Waals surface area contributed by atoms with Gasteiger partial charge in [0.05, 0.1) is 30.9 Å². The molecular weight excluding hydrogens is 356 g/mol. The maximum absolute atomic E-state index is 9.13. The van der Waals surface area contributed by atoms with E-state index in [0.29, 0.717) is 19.3 Å². The Kier molecular flexibility index (Phi) is 4.20. The smallest absolute Gasteiger partial charge is 0.228 e. The summed E-state index contributed by atoms with van der Waals surface area (Å²) in [4.78, 5) is 22.7. The number of hydrogen-bond donors (Lipinski definition) is 1. The number of fused-ring (bicyclic) bond motifs is 1. The molecule has 2 aliphatic heterocycles. The van der Waals surface area contributed by atoms with Crippen LogP contribution < -0.4 is 15.5 Å². The molecule has 5 rings (SSSR count). The molecule has 0 bridgehead atoms. The van der Waals surface area contributed by atoms with Crippen molar-refractivity contribution in [1.29, 1.82) is 5.26 Å². The lowest BCUT2D eigenvalue weighted by Gasteiger charge is -2.39. The molecule has 0 amide bonds. The molecule has 9 nitrogen and oxygen atoms in total. The van der Waals surface area contributed by atoms with Crippen molar-refractivity contribution in [2.24, 2.45) is 5.92 Å². The van der Waals surface area contributed by atoms with Crippen molar-refractivity contribution in [3.63, 3.8) is 0 Å². The first kappa shape index (κ1) is 17.1. The quantitative estimate of drug-likeness (QED) is 0.835. The molecule has 0 spiro atoms. The monoisotopic (exact) mass is 378 g/mol. The fourth-order valence-electron chi connectivity index (χ4n) is 4.17. The number of hydrogen-bond acceptors (Lipinski definition) is 9. The molecule has 0 atom stereocenters. The van der Waals surface area contributed by atoms with Gasteiger partial charge in [-0.25, -0.2) is 15.0 Å². The third kappa shape index (κ3) is 2.90. The predicted octanol–water partition coefficient (Wildman–Crippen LogP) is 1.02. The first-order valence-corrected chi connectivity index (χ1v) is 9.70. The van der Waals surface area contributed by atoms with Gasteiger partial charge in [0.15, 0.2) is 0 Å². The second-order valence-electron chi connectivity index (χ2n) is 7.50. The van der Waals surface area contributed by atoms with Gasteiger partial charge in [0.2, 0.25) is 11.9 Å². The average molecular weight is 378 g/mol. The van der Waals surface area contributed by atoms with Gasteiger partial charge in [0.25, 0.3) is 0 Å². The van der Waals surface area contributed by atoms with Crippen LogP contribution in [0.2, 0.25) is 0 Å². The zero-order chi connectivity index (χ0) is 19.1. The SMILES string of the molecule is N#CC1CC(N2CCc3c(-c4cnc(N)nc4)nc(N4CCOCC4)nc32)C1. The van der Waals surface area contributed by atoms with Crippen LogP contribution in [0.1, 0.15) is 18.4 Å². The number of nitriles is 1. The van der Waals surface area contributed by atoms with Gasteiger partial charge in [-0.05, 0) is 19.3 Å². The summed E-state index contributed by atoms with van der Waals surface area (Å²) in [5.41, 5.74) is 8.53. The number of nitrogens with zero attached hydrogens (tertiary/aromatic N) is 7. The normalized spacial score (nSPS) is 23.8. The van der Waals surface area contributed by atoms with Gasteiger partial charge in [-0.15, -0.1) is 0 Å². The highest BCUT2D eigenvalue weighted by Gasteiger charge is 2.39. The maximum atomic E-state index is 9.13. The van der Waals surface area contributed by atoms with Gasteiger partial charge in [-0.2, -0.15) is 10.2 Å². The van der Waals surface area contributed by atoms with Gasteiger partial charge in [-0.3, -0.25) is 0 Å². The Hall–Kier alpha value is -2.99. The van der Waals surface area contributed by atoms with Gasteiger partial charge >= 0.3 is 0 Å². The van der Waals surface area contributed by atoms with E-state index in [1.165, 1.54) is 0 Å². The van der Waals surface area contributed by atoms with Gasteiger partial charge < -0.3 is 20.3 Å². The Morgan fingerprint density at radius 2 is 1.86 bits per heavy atom. The van der Waals surface area contributed by atoms with Crippen LogP contribution in [0.25, 0.3) is 11.3 Å². The summed E-state index contributed by atoms with van der Waals surface area (Å²) in [5, 5.41) is 9.13. The number of anilines is 3. The van der Waals surface area contributed by atoms with E-state index in [0.717, 1.165) is 67.5 Å². The van der Waals surface area contributed by atoms with Gasteiger partial charge in [0, 0.05) is 49.2 Å². The van der Waals surface area contributed by atoms with Crippen LogP contribution in [0.5, 0.6) is 0 Å². The zero-order valence-electron chi connectivity index (χ0n) is 15.6. The standard InChI is InChI=1S/C19H22N8O/c20-9-12-7-14(8-12)27-2-1-15-16(13-10-22-18(21)23-11-13)24-19(25-17(15)27)26-3-5-28-6-4-26/h10-12,14H,1-8H2,(H2,21,22,23). The number of morpholine rings is 1. The number of aromatic nitrogens is 4. The van der Waals surface area contributed by atoms with Crippen molar-refractivity contribution in [3.05, 3.63) is 18.0 Å². The summed E-state index contributed by atoms with van der Waals surface area (Å²) < 4.78 is 5.48. The van der Waals surface area contributed by atoms with Crippen LogP contribution in [-0.4, -0.2) is 58.8 Å². The Bertz CT molecular complexity index is 913. The van der Waals surface area contributed by atoms with Crippen LogP contribution in [0.15, 0.2) is 12.4 Å². The summed E-state index contributed by atoms with van der Waals surface area (Å²) in [6, 6.07) is 2.76. The zero-order valence-corrected chi connectivity index (χ0v) is 15.6. The average Bonchev–Trinajstić information content (AvgIpc) is 3.12. The van der Waals surface area contributed by atoms with Crippen LogP contribution >= 0.6 is 0 Å². The van der Waals surface area contributed by atoms with Crippen molar-refractivity contribution < 1.29 is 4.74 Å². The Labute approximate surface area is 163 Å². The van der Waals surface area contributed by atoms with Crippen molar-refractivity contribution in [2.75, 3.05) is 48.4 Å². The van der Waals surface area contributed by atoms with E-state index in [-0.39, 0.29) is 11.9 Å². The Morgan fingerprint density at radius 3 is 2.57 bits per heavy atom. The molecule has 1 saturated heterocycles. The van der Waals surface area contributed by atoms with E-state index in [9.17, 15) is 0 Å². The maximum Gasteiger partial charge on any atom is 0.228 e. The minimum absolute atomic E-state index is 0.166. The molecule has 28 heavy (non-hydrogen) atoms. The number of nitrogens with two attached hydrogens (primary N) is 1. The van der Waals surface area contributed by atoms with Crippen molar-refractivity contribution in [3.8, 4) is 17.3 Å². The molecule has 2 aromatic heterocycles. The highest BCUT2D eigenvalue weighted by Crippen LogP contribution is 2.41. The molecule has 0 radical (unpaired) electrons. The lowest BCUT2D eigenvalue weighted by atomic mass is 9.80. The van der Waals surface area contributed by atoms with Crippen LogP contribution in [-0.2, 0) is 11.2 Å². The van der Waals surface area contributed by atoms with Gasteiger partial charge in [-0.1, -0.05) is 0 Å². The second kappa shape index (κ2) is 6.87. The molecule has 4 heterocycles. The topological polar surface area (TPSA) is 117 Å². The number of rotatable bonds is 3. The molecule has 2 aromatic rings. The Morgan fingerprint density at radius 1 is 1.11 bits per heavy atom. The largest absolute Gasteiger partial charge is 0.378 e. The predicted molar refractivity (Wildman–Crippen MR) is 104 cm³/mol. The Balaban J connectivity index is 1.56. The first-order chi connectivity index (χ1) is 13.7. The molecule has 1 saturated carbocycles. The van der Waals surface area contributed by atoms with Crippen molar-refractivity contribution >= 4 is 17.7 Å². The summed E-state index contributed by atoms with van der Waals surface area (Å²) in [6.07, 6.45) is 6.16. The fraction of sp³-hybridized carbons (Fsp3) is 0.526. The lowest BCUT2D eigenvalue weighted by molar-refractivity contribution is 0.122. The molecular formula is C19H22N8O. The van der Waals surface area contributed by atoms with Crippen molar-refractivity contribution in [2.45, 2.75) is 25.3 Å². The molecule has 144 valence electrons. The fourth-order valence-corrected chi connectivity index (χ4v) is 4.17. The summed E-state index contributed by atoms with van der Waals surface area (Å²) >= 11 is 0. The van der Waals surface area contributed by atoms with E-state index < -0.39 is 0 Å². The van der Waals surface area contributed by atoms with E-state index in [2.05, 4.69) is 25.8 Å². The number of ether oxygens (including phenoxy) is 1. The number of nitrogen functional groups attached to an aromatic ring is 1. The molecule has 0 unspecified atom stereocenters. The van der Waals surface area contributed by atoms with E-state index in [1.54, 1.807) is 12.4 Å². The van der Waals surface area contributed by atoms with Crippen LogP contribution in [0, 0.1) is 17.2 Å². The molecule has 9 heteroatoms. The van der Waals surface area contributed by atoms with Crippen LogP contribution in [0.4, 0.5) is 17.7 Å². The lowest BCUT2D eigenvalue weighted by Crippen LogP contribution is -2.44. The summed E-state index contributed by atoms with van der Waals surface area (Å²) in [6.45, 7) is 3.81. The minimum Gasteiger partial charge on any atom is -0.378 e. The molecule has 3 aliphatic rings. The third-order valence-corrected chi connectivity index (χ3v) is 5.82. The highest BCUT2D eigenvalue weighted by atomic mass is 16.5. The molecule has 2 N–H and O–H groups in total. The summed E-state index contributed by atoms with van der Waals surface area (Å²) in [5.74, 6) is 2.13. The summed E-state index contributed by atoms with van der Waals surface area (Å²) in [7, 11) is 0. The van der Waals surface area contributed by atoms with Crippen LogP contribution in [0.3, 0.4) is 0 Å². The van der Waals surface area contributed by atoms with E-state index in [4.69, 9.17) is 25.7 Å². The second-order valence-corrected chi connectivity index (χ2v) is 7.50. The molecule has 1 aliphatic carbocycles. The minimum atomic E-state index is 0.166. The highest BCUT2D eigenvalue weighted by molar-refractivity contribution is 5.72. The van der Waals surface area contributed by atoms with E-state index >= 15 is 0 Å². The van der Waals surface area contributed by atoms with Crippen molar-refractivity contribution in [1.82, 2.24) is 19.9 Å². The molecule has 0 aromatic carbocycles. The van der Waals surface area contributed by atoms with Gasteiger partial charge in [0.1, 0.15) is 5.82 Å². The van der Waals surface area contributed by atoms with E-state index in [1.807, 2.05) is 0 Å². The first-order valence-electron chi connectivity index (χ1n) is 9.70. The third-order valence-electron chi connectivity index (χ3n) is 5.82. The molecule has 2 fully saturated rings.